The summed E-state index contributed by atoms with van der Waals surface area (Å²) in [4.78, 5) is 25.5. The molecule has 0 aromatic rings. The van der Waals surface area contributed by atoms with Gasteiger partial charge in [-0.1, -0.05) is 13.8 Å². The Hall–Kier alpha value is -0.950. The molecule has 4 rings (SSSR count). The Labute approximate surface area is 166 Å². The minimum atomic E-state index is -3.14. The number of rotatable bonds is 7. The van der Waals surface area contributed by atoms with E-state index >= 15 is 0 Å². The van der Waals surface area contributed by atoms with Crippen molar-refractivity contribution in [2.75, 3.05) is 13.1 Å². The van der Waals surface area contributed by atoms with E-state index in [1.165, 1.54) is 19.3 Å². The third-order valence-corrected chi connectivity index (χ3v) is 6.58. The van der Waals surface area contributed by atoms with Gasteiger partial charge < -0.3 is 16.4 Å². The van der Waals surface area contributed by atoms with Crippen molar-refractivity contribution >= 4 is 24.2 Å². The molecule has 4 aliphatic rings. The molecule has 1 atom stereocenters. The maximum absolute atomic E-state index is 13.3. The Morgan fingerprint density at radius 1 is 1.11 bits per heavy atom. The van der Waals surface area contributed by atoms with Crippen LogP contribution in [-0.4, -0.2) is 36.9 Å². The molecule has 4 saturated carbocycles. The first kappa shape index (κ1) is 22.3. The molecule has 27 heavy (non-hydrogen) atoms. The van der Waals surface area contributed by atoms with Crippen LogP contribution in [-0.2, 0) is 9.59 Å². The lowest BCUT2D eigenvalue weighted by Gasteiger charge is -2.55. The first-order valence-electron chi connectivity index (χ1n) is 9.81. The van der Waals surface area contributed by atoms with E-state index in [4.69, 9.17) is 5.73 Å². The zero-order valence-electron chi connectivity index (χ0n) is 16.1. The molecule has 8 heteroatoms. The van der Waals surface area contributed by atoms with E-state index in [0.717, 1.165) is 19.3 Å². The van der Waals surface area contributed by atoms with E-state index < -0.39 is 31.0 Å². The molecule has 0 heterocycles. The van der Waals surface area contributed by atoms with Crippen LogP contribution in [0.2, 0.25) is 0 Å². The highest BCUT2D eigenvalue weighted by Gasteiger charge is 2.55. The summed E-state index contributed by atoms with van der Waals surface area (Å²) in [6, 6.07) is -0.802. The summed E-state index contributed by atoms with van der Waals surface area (Å²) in [6.45, 7) is 1.99. The Morgan fingerprint density at radius 3 is 2.00 bits per heavy atom. The second-order valence-electron chi connectivity index (χ2n) is 9.17. The van der Waals surface area contributed by atoms with Gasteiger partial charge in [-0.05, 0) is 62.2 Å². The fraction of sp³-hybridized carbons (Fsp3) is 0.895. The minimum absolute atomic E-state index is 0. The number of alkyl halides is 2. The van der Waals surface area contributed by atoms with Gasteiger partial charge in [0.15, 0.2) is 0 Å². The van der Waals surface area contributed by atoms with Crippen LogP contribution in [0.3, 0.4) is 0 Å². The molecule has 0 saturated heterocycles. The molecule has 4 fully saturated rings. The molecule has 0 radical (unpaired) electrons. The van der Waals surface area contributed by atoms with Crippen molar-refractivity contribution in [3.05, 3.63) is 0 Å². The molecule has 4 N–H and O–H groups in total. The lowest BCUT2D eigenvalue weighted by molar-refractivity contribution is -0.149. The number of carbonyl (C=O) groups excluding carboxylic acids is 2. The summed E-state index contributed by atoms with van der Waals surface area (Å²) in [6.07, 6.45) is 6.41. The molecule has 0 aliphatic heterocycles. The lowest BCUT2D eigenvalue weighted by atomic mass is 9.49. The second-order valence-corrected chi connectivity index (χ2v) is 9.17. The number of halogens is 3. The highest BCUT2D eigenvalue weighted by atomic mass is 35.5. The van der Waals surface area contributed by atoms with Gasteiger partial charge in [0.05, 0.1) is 13.1 Å². The van der Waals surface area contributed by atoms with Crippen LogP contribution in [0.25, 0.3) is 0 Å². The molecule has 4 aliphatic carbocycles. The third-order valence-electron chi connectivity index (χ3n) is 6.58. The van der Waals surface area contributed by atoms with Crippen molar-refractivity contribution in [1.29, 1.82) is 0 Å². The van der Waals surface area contributed by atoms with Crippen molar-refractivity contribution in [1.82, 2.24) is 10.6 Å². The van der Waals surface area contributed by atoms with E-state index in [1.807, 2.05) is 13.8 Å². The number of carbonyl (C=O) groups is 2. The second kappa shape index (κ2) is 8.19. The zero-order chi connectivity index (χ0) is 19.1. The first-order chi connectivity index (χ1) is 12.1. The van der Waals surface area contributed by atoms with Gasteiger partial charge in [0.1, 0.15) is 6.04 Å². The Bertz CT molecular complexity index is 536. The van der Waals surface area contributed by atoms with Crippen molar-refractivity contribution in [2.45, 2.75) is 64.3 Å². The van der Waals surface area contributed by atoms with Crippen molar-refractivity contribution in [2.24, 2.45) is 34.8 Å². The van der Waals surface area contributed by atoms with E-state index in [-0.39, 0.29) is 29.6 Å². The highest BCUT2D eigenvalue weighted by Crippen LogP contribution is 2.60. The van der Waals surface area contributed by atoms with E-state index in [1.54, 1.807) is 0 Å². The Morgan fingerprint density at radius 2 is 1.59 bits per heavy atom. The maximum atomic E-state index is 13.3. The quantitative estimate of drug-likeness (QED) is 0.606. The largest absolute Gasteiger partial charge is 0.348 e. The molecule has 2 amide bonds. The normalized spacial score (nSPS) is 32.7. The standard InChI is InChI=1S/C19H31F2N3O2.ClH/c1-11(2)15(16(25)23-10-19(20,21)9-22)24-17(26)18-6-12-3-13(7-18)5-14(4-12)8-18;/h11-15H,3-10,22H2,1-2H3,(H,23,25)(H,24,26);1H. The van der Waals surface area contributed by atoms with Gasteiger partial charge in [0, 0.05) is 5.41 Å². The van der Waals surface area contributed by atoms with Gasteiger partial charge in [-0.15, -0.1) is 12.4 Å². The van der Waals surface area contributed by atoms with Crippen LogP contribution in [0.5, 0.6) is 0 Å². The molecule has 156 valence electrons. The predicted molar refractivity (Wildman–Crippen MR) is 102 cm³/mol. The molecule has 0 spiro atoms. The summed E-state index contributed by atoms with van der Waals surface area (Å²) in [5.41, 5.74) is 4.65. The van der Waals surface area contributed by atoms with Gasteiger partial charge in [0.2, 0.25) is 11.8 Å². The summed E-state index contributed by atoms with van der Waals surface area (Å²) in [5, 5.41) is 5.15. The molecular formula is C19H32ClF2N3O2. The first-order valence-corrected chi connectivity index (χ1v) is 9.81. The van der Waals surface area contributed by atoms with Gasteiger partial charge in [0.25, 0.3) is 5.92 Å². The van der Waals surface area contributed by atoms with Gasteiger partial charge in [-0.3, -0.25) is 9.59 Å². The van der Waals surface area contributed by atoms with Crippen LogP contribution >= 0.6 is 12.4 Å². The average Bonchev–Trinajstić information content (AvgIpc) is 2.56. The van der Waals surface area contributed by atoms with Crippen LogP contribution in [0.4, 0.5) is 8.78 Å². The summed E-state index contributed by atoms with van der Waals surface area (Å²) in [7, 11) is 0. The molecule has 5 nitrogen and oxygen atoms in total. The Balaban J connectivity index is 0.00000261. The molecule has 0 aromatic carbocycles. The fourth-order valence-electron chi connectivity index (χ4n) is 5.62. The SMILES string of the molecule is CC(C)C(NC(=O)C12CC3CC(CC(C3)C1)C2)C(=O)NCC(F)(F)CN.Cl. The van der Waals surface area contributed by atoms with E-state index in [2.05, 4.69) is 10.6 Å². The summed E-state index contributed by atoms with van der Waals surface area (Å²) < 4.78 is 26.6. The van der Waals surface area contributed by atoms with E-state index in [9.17, 15) is 18.4 Å². The zero-order valence-corrected chi connectivity index (χ0v) is 16.9. The Kier molecular flexibility index (Phi) is 6.78. The summed E-state index contributed by atoms with van der Waals surface area (Å²) >= 11 is 0. The molecule has 0 aromatic heterocycles. The van der Waals surface area contributed by atoms with Crippen LogP contribution in [0, 0.1) is 29.1 Å². The minimum Gasteiger partial charge on any atom is -0.348 e. The van der Waals surface area contributed by atoms with Crippen molar-refractivity contribution in [3.8, 4) is 0 Å². The molecule has 4 bridgehead atoms. The predicted octanol–water partition coefficient (Wildman–Crippen LogP) is 2.48. The fourth-order valence-corrected chi connectivity index (χ4v) is 5.62. The molecule has 1 unspecified atom stereocenters. The van der Waals surface area contributed by atoms with Crippen LogP contribution < -0.4 is 16.4 Å². The number of hydrogen-bond donors (Lipinski definition) is 3. The number of nitrogens with two attached hydrogens (primary N) is 1. The smallest absolute Gasteiger partial charge is 0.277 e. The number of nitrogens with one attached hydrogen (secondary N) is 2. The van der Waals surface area contributed by atoms with Gasteiger partial charge in [-0.2, -0.15) is 0 Å². The van der Waals surface area contributed by atoms with Crippen LogP contribution in [0.15, 0.2) is 0 Å². The highest BCUT2D eigenvalue weighted by molar-refractivity contribution is 5.90. The topological polar surface area (TPSA) is 84.2 Å². The van der Waals surface area contributed by atoms with Gasteiger partial charge >= 0.3 is 0 Å². The monoisotopic (exact) mass is 407 g/mol. The number of amides is 2. The average molecular weight is 408 g/mol. The van der Waals surface area contributed by atoms with Crippen molar-refractivity contribution in [3.63, 3.8) is 0 Å². The van der Waals surface area contributed by atoms with E-state index in [0.29, 0.717) is 17.8 Å². The maximum Gasteiger partial charge on any atom is 0.277 e. The number of hydrogen-bond acceptors (Lipinski definition) is 3. The van der Waals surface area contributed by atoms with Crippen LogP contribution in [0.1, 0.15) is 52.4 Å². The van der Waals surface area contributed by atoms with Crippen molar-refractivity contribution < 1.29 is 18.4 Å². The molecular weight excluding hydrogens is 376 g/mol. The van der Waals surface area contributed by atoms with Gasteiger partial charge in [-0.25, -0.2) is 8.78 Å². The lowest BCUT2D eigenvalue weighted by Crippen LogP contribution is -2.59. The third kappa shape index (κ3) is 4.73. The summed E-state index contributed by atoms with van der Waals surface area (Å²) in [5.74, 6) is -2.06.